The third-order valence-electron chi connectivity index (χ3n) is 5.25. The Balaban J connectivity index is 1.79. The molecule has 2 N–H and O–H groups in total. The molecule has 5 nitrogen and oxygen atoms in total. The van der Waals surface area contributed by atoms with E-state index in [1.807, 2.05) is 32.0 Å². The van der Waals surface area contributed by atoms with Crippen molar-refractivity contribution in [1.82, 2.24) is 4.98 Å². The van der Waals surface area contributed by atoms with Crippen LogP contribution in [0.15, 0.2) is 53.5 Å². The fourth-order valence-corrected chi connectivity index (χ4v) is 4.12. The average Bonchev–Trinajstić information content (AvgIpc) is 3.21. The minimum Gasteiger partial charge on any atom is -0.491 e. The van der Waals surface area contributed by atoms with Gasteiger partial charge in [0.25, 0.3) is 0 Å². The molecule has 33 heavy (non-hydrogen) atoms. The van der Waals surface area contributed by atoms with Crippen molar-refractivity contribution in [3.05, 3.63) is 81.7 Å². The lowest BCUT2D eigenvalue weighted by molar-refractivity contribution is 0.167. The van der Waals surface area contributed by atoms with Crippen LogP contribution in [0.5, 0.6) is 5.75 Å². The fraction of sp³-hybridized carbons (Fsp3) is 0.346. The maximum atomic E-state index is 10.9. The lowest BCUT2D eigenvalue weighted by atomic mass is 9.98. The second-order valence-corrected chi connectivity index (χ2v) is 8.94. The molecule has 0 saturated heterocycles. The van der Waals surface area contributed by atoms with Gasteiger partial charge in [-0.2, -0.15) is 0 Å². The first kappa shape index (κ1) is 25.3. The molecule has 3 aromatic rings. The van der Waals surface area contributed by atoms with Crippen molar-refractivity contribution in [2.75, 3.05) is 13.2 Å². The molecule has 0 saturated carbocycles. The number of halogens is 2. The minimum atomic E-state index is -0.681. The molecule has 1 unspecified atom stereocenters. The standard InChI is InChI=1S/C26H29Cl2NO4/c1-4-5-18-14-17(6-11-24(18)32-13-12-30)23(31)10-9-22-25(16(2)3)33-26(29-22)20-8-7-19(27)15-21(20)28/h4,6-8,11,14-16,23,30-31H,1,5,9-10,12-13H2,2-3H3. The number of aliphatic hydroxyl groups is 2. The number of hydrogen-bond acceptors (Lipinski definition) is 5. The molecule has 0 radical (unpaired) electrons. The van der Waals surface area contributed by atoms with E-state index in [0.29, 0.717) is 46.5 Å². The van der Waals surface area contributed by atoms with Gasteiger partial charge in [0.15, 0.2) is 0 Å². The molecule has 0 fully saturated rings. The van der Waals surface area contributed by atoms with Gasteiger partial charge in [-0.1, -0.05) is 49.2 Å². The van der Waals surface area contributed by atoms with Crippen LogP contribution in [0.2, 0.25) is 10.0 Å². The summed E-state index contributed by atoms with van der Waals surface area (Å²) in [5.74, 6) is 2.04. The van der Waals surface area contributed by atoms with E-state index in [2.05, 4.69) is 6.58 Å². The largest absolute Gasteiger partial charge is 0.491 e. The zero-order valence-corrected chi connectivity index (χ0v) is 20.4. The van der Waals surface area contributed by atoms with Crippen LogP contribution >= 0.6 is 23.2 Å². The molecule has 3 rings (SSSR count). The summed E-state index contributed by atoms with van der Waals surface area (Å²) in [4.78, 5) is 4.69. The fourth-order valence-electron chi connectivity index (χ4n) is 3.63. The van der Waals surface area contributed by atoms with Gasteiger partial charge >= 0.3 is 0 Å². The second-order valence-electron chi connectivity index (χ2n) is 8.10. The summed E-state index contributed by atoms with van der Waals surface area (Å²) in [5.41, 5.74) is 3.19. The summed E-state index contributed by atoms with van der Waals surface area (Å²) < 4.78 is 11.6. The van der Waals surface area contributed by atoms with E-state index in [1.54, 1.807) is 24.3 Å². The van der Waals surface area contributed by atoms with Crippen molar-refractivity contribution < 1.29 is 19.4 Å². The lowest BCUT2D eigenvalue weighted by Gasteiger charge is -2.15. The zero-order valence-electron chi connectivity index (χ0n) is 18.9. The summed E-state index contributed by atoms with van der Waals surface area (Å²) in [6.45, 7) is 8.03. The van der Waals surface area contributed by atoms with Crippen LogP contribution in [0, 0.1) is 0 Å². The molecule has 7 heteroatoms. The molecule has 1 atom stereocenters. The first-order chi connectivity index (χ1) is 15.8. The van der Waals surface area contributed by atoms with Crippen LogP contribution in [-0.4, -0.2) is 28.4 Å². The second kappa shape index (κ2) is 11.7. The van der Waals surface area contributed by atoms with E-state index >= 15 is 0 Å². The van der Waals surface area contributed by atoms with E-state index in [0.717, 1.165) is 22.6 Å². The number of benzene rings is 2. The smallest absolute Gasteiger partial charge is 0.228 e. The number of oxazole rings is 1. The van der Waals surface area contributed by atoms with Crippen LogP contribution in [0.4, 0.5) is 0 Å². The van der Waals surface area contributed by atoms with E-state index in [4.69, 9.17) is 42.4 Å². The van der Waals surface area contributed by atoms with Crippen LogP contribution < -0.4 is 4.74 Å². The van der Waals surface area contributed by atoms with Crippen molar-refractivity contribution in [3.63, 3.8) is 0 Å². The summed E-state index contributed by atoms with van der Waals surface area (Å²) in [6, 6.07) is 10.8. The molecular weight excluding hydrogens is 461 g/mol. The van der Waals surface area contributed by atoms with Crippen LogP contribution in [0.25, 0.3) is 11.5 Å². The molecular formula is C26H29Cl2NO4. The van der Waals surface area contributed by atoms with Crippen molar-refractivity contribution in [2.45, 2.75) is 45.1 Å². The minimum absolute atomic E-state index is 0.0585. The van der Waals surface area contributed by atoms with Gasteiger partial charge in [-0.3, -0.25) is 0 Å². The molecule has 0 bridgehead atoms. The van der Waals surface area contributed by atoms with Crippen LogP contribution in [0.3, 0.4) is 0 Å². The van der Waals surface area contributed by atoms with Crippen LogP contribution in [0.1, 0.15) is 54.9 Å². The van der Waals surface area contributed by atoms with Gasteiger partial charge in [0.1, 0.15) is 18.1 Å². The van der Waals surface area contributed by atoms with E-state index in [1.165, 1.54) is 0 Å². The SMILES string of the molecule is C=CCc1cc(C(O)CCc2nc(-c3ccc(Cl)cc3Cl)oc2C(C)C)ccc1OCCO. The van der Waals surface area contributed by atoms with E-state index in [-0.39, 0.29) is 19.1 Å². The lowest BCUT2D eigenvalue weighted by Crippen LogP contribution is -2.06. The van der Waals surface area contributed by atoms with Gasteiger partial charge < -0.3 is 19.4 Å². The first-order valence-corrected chi connectivity index (χ1v) is 11.7. The Bertz CT molecular complexity index is 1090. The molecule has 0 amide bonds. The molecule has 0 spiro atoms. The predicted molar refractivity (Wildman–Crippen MR) is 132 cm³/mol. The molecule has 1 heterocycles. The maximum absolute atomic E-state index is 10.9. The van der Waals surface area contributed by atoms with Crippen LogP contribution in [-0.2, 0) is 12.8 Å². The highest BCUT2D eigenvalue weighted by Gasteiger charge is 2.20. The molecule has 176 valence electrons. The Morgan fingerprint density at radius 1 is 1.18 bits per heavy atom. The molecule has 2 aromatic carbocycles. The Morgan fingerprint density at radius 3 is 2.64 bits per heavy atom. The normalized spacial score (nSPS) is 12.2. The van der Waals surface area contributed by atoms with E-state index < -0.39 is 6.10 Å². The highest BCUT2D eigenvalue weighted by molar-refractivity contribution is 6.36. The average molecular weight is 490 g/mol. The summed E-state index contributed by atoms with van der Waals surface area (Å²) in [5, 5.41) is 20.9. The Kier molecular flexibility index (Phi) is 8.98. The summed E-state index contributed by atoms with van der Waals surface area (Å²) in [7, 11) is 0. The molecule has 0 aliphatic rings. The summed E-state index contributed by atoms with van der Waals surface area (Å²) >= 11 is 12.4. The number of aromatic nitrogens is 1. The molecule has 0 aliphatic heterocycles. The predicted octanol–water partition coefficient (Wildman–Crippen LogP) is 6.54. The third-order valence-corrected chi connectivity index (χ3v) is 5.80. The summed E-state index contributed by atoms with van der Waals surface area (Å²) in [6.07, 6.45) is 2.73. The Labute approximate surface area is 204 Å². The van der Waals surface area contributed by atoms with Crippen molar-refractivity contribution in [2.24, 2.45) is 0 Å². The van der Waals surface area contributed by atoms with Gasteiger partial charge in [-0.25, -0.2) is 4.98 Å². The van der Waals surface area contributed by atoms with Gasteiger partial charge in [0.05, 0.1) is 29.0 Å². The third kappa shape index (κ3) is 6.39. The molecule has 0 aliphatic carbocycles. The number of hydrogen-bond donors (Lipinski definition) is 2. The van der Waals surface area contributed by atoms with Gasteiger partial charge in [0.2, 0.25) is 5.89 Å². The first-order valence-electron chi connectivity index (χ1n) is 10.9. The van der Waals surface area contributed by atoms with E-state index in [9.17, 15) is 5.11 Å². The Hall–Kier alpha value is -2.31. The number of allylic oxidation sites excluding steroid dienone is 1. The quantitative estimate of drug-likeness (QED) is 0.299. The number of aliphatic hydroxyl groups excluding tert-OH is 2. The van der Waals surface area contributed by atoms with Crippen molar-refractivity contribution in [3.8, 4) is 17.2 Å². The van der Waals surface area contributed by atoms with Gasteiger partial charge in [-0.15, -0.1) is 6.58 Å². The maximum Gasteiger partial charge on any atom is 0.228 e. The number of nitrogens with zero attached hydrogens (tertiary/aromatic N) is 1. The topological polar surface area (TPSA) is 75.7 Å². The van der Waals surface area contributed by atoms with Gasteiger partial charge in [-0.05, 0) is 60.7 Å². The zero-order chi connectivity index (χ0) is 24.0. The Morgan fingerprint density at radius 2 is 1.97 bits per heavy atom. The monoisotopic (exact) mass is 489 g/mol. The van der Waals surface area contributed by atoms with Gasteiger partial charge in [0, 0.05) is 10.9 Å². The highest BCUT2D eigenvalue weighted by atomic mass is 35.5. The highest BCUT2D eigenvalue weighted by Crippen LogP contribution is 2.34. The number of ether oxygens (including phenoxy) is 1. The van der Waals surface area contributed by atoms with Crippen molar-refractivity contribution in [1.29, 1.82) is 0 Å². The number of rotatable bonds is 11. The number of aryl methyl sites for hydroxylation is 1. The van der Waals surface area contributed by atoms with Crippen molar-refractivity contribution >= 4 is 23.2 Å². The molecule has 1 aromatic heterocycles.